The lowest BCUT2D eigenvalue weighted by Gasteiger charge is -2.19. The van der Waals surface area contributed by atoms with Crippen LogP contribution in [0, 0.1) is 5.82 Å². The van der Waals surface area contributed by atoms with Crippen LogP contribution >= 0.6 is 0 Å². The SMILES string of the molecule is CN=C(NCCc1ccc(NC(=O)OC(C)(C)C)cc1)NCc1ccc(F)c(CO)c1. The number of aliphatic hydroxyl groups is 1. The van der Waals surface area contributed by atoms with Crippen LogP contribution in [0.25, 0.3) is 0 Å². The third kappa shape index (κ3) is 8.64. The second-order valence-corrected chi connectivity index (χ2v) is 8.01. The number of carbonyl (C=O) groups is 1. The summed E-state index contributed by atoms with van der Waals surface area (Å²) in [5.74, 6) is 0.208. The van der Waals surface area contributed by atoms with E-state index in [9.17, 15) is 14.3 Å². The van der Waals surface area contributed by atoms with Crippen LogP contribution in [0.2, 0.25) is 0 Å². The molecule has 0 unspecified atom stereocenters. The lowest BCUT2D eigenvalue weighted by molar-refractivity contribution is 0.0636. The molecule has 7 nitrogen and oxygen atoms in total. The zero-order valence-electron chi connectivity index (χ0n) is 18.5. The van der Waals surface area contributed by atoms with Crippen molar-refractivity contribution < 1.29 is 19.0 Å². The molecule has 0 aliphatic carbocycles. The number of carbonyl (C=O) groups excluding carboxylic acids is 1. The van der Waals surface area contributed by atoms with Crippen molar-refractivity contribution in [3.63, 3.8) is 0 Å². The molecule has 1 amide bonds. The van der Waals surface area contributed by atoms with E-state index < -0.39 is 17.5 Å². The largest absolute Gasteiger partial charge is 0.444 e. The van der Waals surface area contributed by atoms with E-state index in [1.807, 2.05) is 45.0 Å². The van der Waals surface area contributed by atoms with Gasteiger partial charge in [0.25, 0.3) is 0 Å². The fraction of sp³-hybridized carbons (Fsp3) is 0.391. The van der Waals surface area contributed by atoms with Gasteiger partial charge in [-0.3, -0.25) is 10.3 Å². The number of nitrogens with zero attached hydrogens (tertiary/aromatic N) is 1. The summed E-state index contributed by atoms with van der Waals surface area (Å²) in [6, 6.07) is 12.2. The standard InChI is InChI=1S/C23H31FN4O3/c1-23(2,3)31-22(30)28-19-8-5-16(6-9-19)11-12-26-21(25-4)27-14-17-7-10-20(24)18(13-17)15-29/h5-10,13,29H,11-12,14-15H2,1-4H3,(H,28,30)(H2,25,26,27). The summed E-state index contributed by atoms with van der Waals surface area (Å²) < 4.78 is 18.7. The van der Waals surface area contributed by atoms with E-state index in [2.05, 4.69) is 20.9 Å². The van der Waals surface area contributed by atoms with Gasteiger partial charge < -0.3 is 20.5 Å². The number of guanidine groups is 1. The highest BCUT2D eigenvalue weighted by Gasteiger charge is 2.16. The van der Waals surface area contributed by atoms with E-state index in [1.54, 1.807) is 19.2 Å². The minimum atomic E-state index is -0.542. The second-order valence-electron chi connectivity index (χ2n) is 8.01. The van der Waals surface area contributed by atoms with Crippen molar-refractivity contribution in [3.05, 3.63) is 65.0 Å². The van der Waals surface area contributed by atoms with Crippen LogP contribution < -0.4 is 16.0 Å². The van der Waals surface area contributed by atoms with Crippen molar-refractivity contribution in [3.8, 4) is 0 Å². The minimum absolute atomic E-state index is 0.270. The molecule has 0 spiro atoms. The molecule has 168 valence electrons. The van der Waals surface area contributed by atoms with Crippen LogP contribution in [0.5, 0.6) is 0 Å². The van der Waals surface area contributed by atoms with E-state index in [1.165, 1.54) is 6.07 Å². The van der Waals surface area contributed by atoms with Gasteiger partial charge >= 0.3 is 6.09 Å². The molecule has 8 heteroatoms. The lowest BCUT2D eigenvalue weighted by Crippen LogP contribution is -2.37. The number of halogens is 1. The Morgan fingerprint density at radius 2 is 1.77 bits per heavy atom. The Balaban J connectivity index is 1.77. The molecule has 0 aromatic heterocycles. The van der Waals surface area contributed by atoms with Crippen LogP contribution in [0.1, 0.15) is 37.5 Å². The highest BCUT2D eigenvalue weighted by Crippen LogP contribution is 2.13. The molecule has 2 aromatic rings. The van der Waals surface area contributed by atoms with Crippen molar-refractivity contribution in [2.45, 2.75) is 45.9 Å². The maximum atomic E-state index is 13.5. The molecule has 2 rings (SSSR count). The van der Waals surface area contributed by atoms with E-state index in [0.29, 0.717) is 24.7 Å². The molecule has 0 radical (unpaired) electrons. The third-order valence-corrected chi connectivity index (χ3v) is 4.27. The topological polar surface area (TPSA) is 95.0 Å². The summed E-state index contributed by atoms with van der Waals surface area (Å²) in [5.41, 5.74) is 2.35. The minimum Gasteiger partial charge on any atom is -0.444 e. The Kier molecular flexibility index (Phi) is 8.81. The van der Waals surface area contributed by atoms with Gasteiger partial charge in [-0.1, -0.05) is 18.2 Å². The summed E-state index contributed by atoms with van der Waals surface area (Å²) in [4.78, 5) is 16.0. The number of ether oxygens (including phenoxy) is 1. The van der Waals surface area contributed by atoms with Crippen LogP contribution in [0.3, 0.4) is 0 Å². The number of anilines is 1. The Morgan fingerprint density at radius 1 is 1.10 bits per heavy atom. The van der Waals surface area contributed by atoms with Gasteiger partial charge in [-0.15, -0.1) is 0 Å². The van der Waals surface area contributed by atoms with Crippen molar-refractivity contribution in [1.29, 1.82) is 0 Å². The average Bonchev–Trinajstić information content (AvgIpc) is 2.71. The molecule has 0 heterocycles. The summed E-state index contributed by atoms with van der Waals surface area (Å²) in [6.07, 6.45) is 0.280. The molecule has 0 saturated heterocycles. The third-order valence-electron chi connectivity index (χ3n) is 4.27. The van der Waals surface area contributed by atoms with Crippen molar-refractivity contribution >= 4 is 17.7 Å². The first-order valence-electron chi connectivity index (χ1n) is 10.1. The molecule has 2 aromatic carbocycles. The predicted octanol–water partition coefficient (Wildman–Crippen LogP) is 3.57. The summed E-state index contributed by atoms with van der Waals surface area (Å²) in [7, 11) is 1.68. The van der Waals surface area contributed by atoms with Gasteiger partial charge in [0.1, 0.15) is 11.4 Å². The molecule has 4 N–H and O–H groups in total. The maximum absolute atomic E-state index is 13.5. The molecule has 0 aliphatic rings. The monoisotopic (exact) mass is 430 g/mol. The first kappa shape index (κ1) is 24.1. The van der Waals surface area contributed by atoms with Gasteiger partial charge in [-0.2, -0.15) is 0 Å². The fourth-order valence-electron chi connectivity index (χ4n) is 2.77. The van der Waals surface area contributed by atoms with Crippen LogP contribution in [0.15, 0.2) is 47.5 Å². The second kappa shape index (κ2) is 11.3. The lowest BCUT2D eigenvalue weighted by atomic mass is 10.1. The van der Waals surface area contributed by atoms with Gasteiger partial charge in [0.05, 0.1) is 6.61 Å². The smallest absolute Gasteiger partial charge is 0.412 e. The average molecular weight is 431 g/mol. The molecule has 0 atom stereocenters. The Hall–Kier alpha value is -3.13. The van der Waals surface area contributed by atoms with Crippen LogP contribution in [-0.2, 0) is 24.3 Å². The van der Waals surface area contributed by atoms with E-state index in [0.717, 1.165) is 17.5 Å². The van der Waals surface area contributed by atoms with Gasteiger partial charge in [0, 0.05) is 31.4 Å². The highest BCUT2D eigenvalue weighted by atomic mass is 19.1. The number of hydrogen-bond acceptors (Lipinski definition) is 4. The molecule has 31 heavy (non-hydrogen) atoms. The van der Waals surface area contributed by atoms with E-state index >= 15 is 0 Å². The highest BCUT2D eigenvalue weighted by molar-refractivity contribution is 5.84. The van der Waals surface area contributed by atoms with Crippen molar-refractivity contribution in [2.75, 3.05) is 18.9 Å². The molecule has 0 fully saturated rings. The van der Waals surface area contributed by atoms with Crippen LogP contribution in [-0.4, -0.2) is 36.4 Å². The number of amides is 1. The molecular formula is C23H31FN4O3. The molecule has 0 bridgehead atoms. The first-order valence-corrected chi connectivity index (χ1v) is 10.1. The Labute approximate surface area is 182 Å². The number of aliphatic hydroxyl groups excluding tert-OH is 1. The van der Waals surface area contributed by atoms with E-state index in [4.69, 9.17) is 4.74 Å². The molecule has 0 aliphatic heterocycles. The zero-order valence-corrected chi connectivity index (χ0v) is 18.5. The number of nitrogens with one attached hydrogen (secondary N) is 3. The summed E-state index contributed by atoms with van der Waals surface area (Å²) >= 11 is 0. The summed E-state index contributed by atoms with van der Waals surface area (Å²) in [6.45, 7) is 6.23. The number of hydrogen-bond donors (Lipinski definition) is 4. The number of aliphatic imine (C=N–C) groups is 1. The predicted molar refractivity (Wildman–Crippen MR) is 121 cm³/mol. The normalized spacial score (nSPS) is 11.7. The van der Waals surface area contributed by atoms with Gasteiger partial charge in [0.15, 0.2) is 5.96 Å². The van der Waals surface area contributed by atoms with Crippen LogP contribution in [0.4, 0.5) is 14.9 Å². The molecular weight excluding hydrogens is 399 g/mol. The Morgan fingerprint density at radius 3 is 2.39 bits per heavy atom. The van der Waals surface area contributed by atoms with E-state index in [-0.39, 0.29) is 12.2 Å². The van der Waals surface area contributed by atoms with Gasteiger partial charge in [0.2, 0.25) is 0 Å². The fourth-order valence-corrected chi connectivity index (χ4v) is 2.77. The van der Waals surface area contributed by atoms with Gasteiger partial charge in [-0.25, -0.2) is 9.18 Å². The first-order chi connectivity index (χ1) is 14.7. The maximum Gasteiger partial charge on any atom is 0.412 e. The van der Waals surface area contributed by atoms with Crippen molar-refractivity contribution in [1.82, 2.24) is 10.6 Å². The van der Waals surface area contributed by atoms with Gasteiger partial charge in [-0.05, 0) is 62.6 Å². The summed E-state index contributed by atoms with van der Waals surface area (Å²) in [5, 5.41) is 18.3. The number of rotatable bonds is 7. The quantitative estimate of drug-likeness (QED) is 0.398. The zero-order chi connectivity index (χ0) is 22.9. The Bertz CT molecular complexity index is 893. The molecule has 0 saturated carbocycles. The number of benzene rings is 2. The van der Waals surface area contributed by atoms with Crippen molar-refractivity contribution in [2.24, 2.45) is 4.99 Å².